The van der Waals surface area contributed by atoms with Gasteiger partial charge in [-0.15, -0.1) is 5.10 Å². The van der Waals surface area contributed by atoms with E-state index in [9.17, 15) is 4.79 Å². The van der Waals surface area contributed by atoms with E-state index in [0.29, 0.717) is 58.1 Å². The van der Waals surface area contributed by atoms with Gasteiger partial charge in [0.25, 0.3) is 5.91 Å². The van der Waals surface area contributed by atoms with Gasteiger partial charge in [-0.25, -0.2) is 4.68 Å². The van der Waals surface area contributed by atoms with Gasteiger partial charge in [-0.05, 0) is 69.4 Å². The number of ether oxygens (including phenoxy) is 1. The molecule has 0 radical (unpaired) electrons. The number of aryl methyl sites for hydroxylation is 1. The van der Waals surface area contributed by atoms with E-state index < -0.39 is 0 Å². The summed E-state index contributed by atoms with van der Waals surface area (Å²) in [6, 6.07) is 13.3. The molecule has 214 valence electrons. The molecule has 0 bridgehead atoms. The Labute approximate surface area is 254 Å². The van der Waals surface area contributed by atoms with Gasteiger partial charge in [-0.1, -0.05) is 58.2 Å². The topological polar surface area (TPSA) is 78.1 Å². The maximum absolute atomic E-state index is 13.7. The summed E-state index contributed by atoms with van der Waals surface area (Å²) in [5.41, 5.74) is 4.44. The molecule has 41 heavy (non-hydrogen) atoms. The monoisotopic (exact) mass is 612 g/mol. The molecular formula is C30H31Cl3N6O2. The molecule has 8 nitrogen and oxygen atoms in total. The van der Waals surface area contributed by atoms with Crippen LogP contribution in [0.2, 0.25) is 15.1 Å². The van der Waals surface area contributed by atoms with Gasteiger partial charge in [0.1, 0.15) is 5.69 Å². The zero-order valence-electron chi connectivity index (χ0n) is 23.0. The molecular weight excluding hydrogens is 583 g/mol. The van der Waals surface area contributed by atoms with Crippen molar-refractivity contribution in [2.45, 2.75) is 57.7 Å². The van der Waals surface area contributed by atoms with Crippen molar-refractivity contribution in [1.29, 1.82) is 0 Å². The van der Waals surface area contributed by atoms with Crippen LogP contribution in [0.3, 0.4) is 0 Å². The number of carbonyl (C=O) groups is 1. The molecule has 11 heteroatoms. The SMILES string of the molecule is Cc1nn(Cc2ccc(Cl)cc2)c(C)c1C(=O)N1CCC2(CC1)CC(n1cc(-c3c(Cl)cccc3Cl)nn1)CCO2. The first-order valence-electron chi connectivity index (χ1n) is 13.8. The van der Waals surface area contributed by atoms with Gasteiger partial charge in [0, 0.05) is 36.0 Å². The van der Waals surface area contributed by atoms with Crippen molar-refractivity contribution < 1.29 is 9.53 Å². The predicted octanol–water partition coefficient (Wildman–Crippen LogP) is 6.79. The Kier molecular flexibility index (Phi) is 7.85. The number of amides is 1. The summed E-state index contributed by atoms with van der Waals surface area (Å²) in [6.07, 6.45) is 5.11. The Morgan fingerprint density at radius 3 is 2.46 bits per heavy atom. The highest BCUT2D eigenvalue weighted by molar-refractivity contribution is 6.39. The van der Waals surface area contributed by atoms with E-state index in [0.717, 1.165) is 42.6 Å². The van der Waals surface area contributed by atoms with Crippen molar-refractivity contribution in [3.8, 4) is 11.3 Å². The first-order valence-corrected chi connectivity index (χ1v) is 14.9. The molecule has 1 unspecified atom stereocenters. The summed E-state index contributed by atoms with van der Waals surface area (Å²) in [4.78, 5) is 15.6. The van der Waals surface area contributed by atoms with Gasteiger partial charge < -0.3 is 9.64 Å². The summed E-state index contributed by atoms with van der Waals surface area (Å²) >= 11 is 18.8. The number of likely N-dealkylation sites (tertiary alicyclic amines) is 1. The number of hydrogen-bond acceptors (Lipinski definition) is 5. The molecule has 0 saturated carbocycles. The number of halogens is 3. The molecule has 2 aromatic heterocycles. The van der Waals surface area contributed by atoms with Gasteiger partial charge in [0.2, 0.25) is 0 Å². The van der Waals surface area contributed by atoms with Gasteiger partial charge >= 0.3 is 0 Å². The van der Waals surface area contributed by atoms with Crippen LogP contribution in [0.5, 0.6) is 0 Å². The number of piperidine rings is 1. The molecule has 1 atom stereocenters. The molecule has 6 rings (SSSR count). The summed E-state index contributed by atoms with van der Waals surface area (Å²) in [5, 5.41) is 15.3. The lowest BCUT2D eigenvalue weighted by molar-refractivity contribution is -0.122. The lowest BCUT2D eigenvalue weighted by Crippen LogP contribution is -2.51. The number of nitrogens with zero attached hydrogens (tertiary/aromatic N) is 6. The van der Waals surface area contributed by atoms with E-state index in [-0.39, 0.29) is 17.6 Å². The standard InChI is InChI=1S/C30H31Cl3N6O2/c1-19-27(20(2)38(35-19)17-21-6-8-22(31)9-7-21)29(40)37-13-11-30(12-14-37)16-23(10-15-41-30)39-18-26(34-36-39)28-24(32)4-3-5-25(28)33/h3-9,18,23H,10-17H2,1-2H3. The third-order valence-corrected chi connectivity index (χ3v) is 9.26. The zero-order valence-corrected chi connectivity index (χ0v) is 25.3. The van der Waals surface area contributed by atoms with Crippen LogP contribution in [0.4, 0.5) is 0 Å². The third kappa shape index (κ3) is 5.63. The van der Waals surface area contributed by atoms with E-state index in [1.54, 1.807) is 12.1 Å². The molecule has 2 saturated heterocycles. The van der Waals surface area contributed by atoms with Crippen molar-refractivity contribution in [2.75, 3.05) is 19.7 Å². The fourth-order valence-electron chi connectivity index (χ4n) is 6.09. The molecule has 2 aromatic carbocycles. The molecule has 4 aromatic rings. The Hall–Kier alpha value is -2.91. The van der Waals surface area contributed by atoms with Crippen LogP contribution in [0.15, 0.2) is 48.7 Å². The number of aromatic nitrogens is 5. The molecule has 2 aliphatic rings. The Morgan fingerprint density at radius 1 is 1.05 bits per heavy atom. The smallest absolute Gasteiger partial charge is 0.257 e. The summed E-state index contributed by atoms with van der Waals surface area (Å²) in [5.74, 6) is 0.0297. The second-order valence-electron chi connectivity index (χ2n) is 11.0. The minimum atomic E-state index is -0.295. The van der Waals surface area contributed by atoms with Crippen LogP contribution in [0.25, 0.3) is 11.3 Å². The Bertz CT molecular complexity index is 1550. The maximum Gasteiger partial charge on any atom is 0.257 e. The van der Waals surface area contributed by atoms with Crippen molar-refractivity contribution >= 4 is 40.7 Å². The highest BCUT2D eigenvalue weighted by atomic mass is 35.5. The van der Waals surface area contributed by atoms with E-state index in [1.807, 2.05) is 64.6 Å². The molecule has 4 heterocycles. The minimum Gasteiger partial charge on any atom is -0.375 e. The highest BCUT2D eigenvalue weighted by Crippen LogP contribution is 2.41. The van der Waals surface area contributed by atoms with Crippen molar-refractivity contribution in [2.24, 2.45) is 0 Å². The van der Waals surface area contributed by atoms with Crippen LogP contribution < -0.4 is 0 Å². The molecule has 1 amide bonds. The average molecular weight is 614 g/mol. The molecule has 2 fully saturated rings. The zero-order chi connectivity index (χ0) is 28.7. The predicted molar refractivity (Wildman–Crippen MR) is 160 cm³/mol. The van der Waals surface area contributed by atoms with E-state index in [2.05, 4.69) is 15.4 Å². The first-order chi connectivity index (χ1) is 19.7. The van der Waals surface area contributed by atoms with Crippen molar-refractivity contribution in [3.63, 3.8) is 0 Å². The number of hydrogen-bond donors (Lipinski definition) is 0. The minimum absolute atomic E-state index is 0.0297. The van der Waals surface area contributed by atoms with Gasteiger partial charge in [0.15, 0.2) is 0 Å². The lowest BCUT2D eigenvalue weighted by Gasteiger charge is -2.46. The molecule has 0 N–H and O–H groups in total. The van der Waals surface area contributed by atoms with Gasteiger partial charge in [-0.3, -0.25) is 9.48 Å². The maximum atomic E-state index is 13.7. The Balaban J connectivity index is 1.12. The molecule has 0 aliphatic carbocycles. The second-order valence-corrected chi connectivity index (χ2v) is 12.2. The molecule has 1 spiro atoms. The van der Waals surface area contributed by atoms with Gasteiger partial charge in [0.05, 0.1) is 45.7 Å². The van der Waals surface area contributed by atoms with E-state index in [1.165, 1.54) is 0 Å². The highest BCUT2D eigenvalue weighted by Gasteiger charge is 2.42. The van der Waals surface area contributed by atoms with Crippen LogP contribution in [-0.4, -0.2) is 60.9 Å². The van der Waals surface area contributed by atoms with Crippen LogP contribution in [0, 0.1) is 13.8 Å². The van der Waals surface area contributed by atoms with Gasteiger partial charge in [-0.2, -0.15) is 5.10 Å². The lowest BCUT2D eigenvalue weighted by atomic mass is 9.82. The normalized spacial score (nSPS) is 18.7. The van der Waals surface area contributed by atoms with Crippen molar-refractivity contribution in [3.05, 3.63) is 86.2 Å². The second kappa shape index (κ2) is 11.4. The number of rotatable bonds is 5. The summed E-state index contributed by atoms with van der Waals surface area (Å²) in [7, 11) is 0. The fourth-order valence-corrected chi connectivity index (χ4v) is 6.80. The van der Waals surface area contributed by atoms with Crippen LogP contribution >= 0.6 is 34.8 Å². The molecule has 2 aliphatic heterocycles. The summed E-state index contributed by atoms with van der Waals surface area (Å²) in [6.45, 7) is 6.35. The van der Waals surface area contributed by atoms with E-state index >= 15 is 0 Å². The third-order valence-electron chi connectivity index (χ3n) is 8.37. The van der Waals surface area contributed by atoms with Crippen LogP contribution in [0.1, 0.15) is 59.0 Å². The fraction of sp³-hybridized carbons (Fsp3) is 0.400. The Morgan fingerprint density at radius 2 is 1.76 bits per heavy atom. The van der Waals surface area contributed by atoms with Crippen LogP contribution in [-0.2, 0) is 11.3 Å². The average Bonchev–Trinajstić information content (AvgIpc) is 3.54. The quantitative estimate of drug-likeness (QED) is 0.248. The largest absolute Gasteiger partial charge is 0.375 e. The number of carbonyl (C=O) groups excluding carboxylic acids is 1. The number of benzene rings is 2. The van der Waals surface area contributed by atoms with Crippen molar-refractivity contribution in [1.82, 2.24) is 29.7 Å². The first kappa shape index (κ1) is 28.2. The summed E-state index contributed by atoms with van der Waals surface area (Å²) < 4.78 is 10.2. The van der Waals surface area contributed by atoms with E-state index in [4.69, 9.17) is 39.5 Å².